The van der Waals surface area contributed by atoms with E-state index in [0.29, 0.717) is 17.8 Å². The monoisotopic (exact) mass is 259 g/mol. The number of benzene rings is 1. The lowest BCUT2D eigenvalue weighted by molar-refractivity contribution is 0.469. The van der Waals surface area contributed by atoms with E-state index in [4.69, 9.17) is 0 Å². The summed E-state index contributed by atoms with van der Waals surface area (Å²) in [6, 6.07) is 10.8. The van der Waals surface area contributed by atoms with Crippen LogP contribution in [0.1, 0.15) is 41.4 Å². The van der Waals surface area contributed by atoms with Crippen LogP contribution in [0.3, 0.4) is 0 Å². The van der Waals surface area contributed by atoms with Gasteiger partial charge >= 0.3 is 0 Å². The molecule has 2 aromatic rings. The van der Waals surface area contributed by atoms with Gasteiger partial charge in [-0.05, 0) is 48.4 Å². The molecule has 2 nitrogen and oxygen atoms in total. The summed E-state index contributed by atoms with van der Waals surface area (Å²) in [5.74, 6) is 0.445. The third-order valence-electron chi connectivity index (χ3n) is 3.67. The van der Waals surface area contributed by atoms with Gasteiger partial charge in [0.05, 0.1) is 0 Å². The van der Waals surface area contributed by atoms with E-state index in [1.54, 1.807) is 17.4 Å². The number of rotatable bonds is 3. The summed E-state index contributed by atoms with van der Waals surface area (Å²) in [6.45, 7) is 2.20. The molecule has 0 fully saturated rings. The maximum Gasteiger partial charge on any atom is 0.119 e. The van der Waals surface area contributed by atoms with Crippen molar-refractivity contribution in [3.05, 3.63) is 51.7 Å². The van der Waals surface area contributed by atoms with Crippen molar-refractivity contribution >= 4 is 11.3 Å². The van der Waals surface area contributed by atoms with Crippen LogP contribution in [-0.2, 0) is 6.42 Å². The number of fused-ring (bicyclic) bond motifs is 1. The molecule has 3 heteroatoms. The van der Waals surface area contributed by atoms with E-state index >= 15 is 0 Å². The molecule has 1 unspecified atom stereocenters. The van der Waals surface area contributed by atoms with Crippen LogP contribution in [0, 0.1) is 0 Å². The summed E-state index contributed by atoms with van der Waals surface area (Å²) in [6.07, 6.45) is 2.04. The Kier molecular flexibility index (Phi) is 3.10. The Balaban J connectivity index is 1.79. The SMILES string of the molecule is C[C@@H](NC1CCc2c(O)cccc21)c1cccs1. The molecule has 0 saturated carbocycles. The molecule has 18 heavy (non-hydrogen) atoms. The third-order valence-corrected chi connectivity index (χ3v) is 4.72. The molecule has 1 heterocycles. The predicted molar refractivity (Wildman–Crippen MR) is 75.0 cm³/mol. The molecule has 1 aliphatic carbocycles. The van der Waals surface area contributed by atoms with Gasteiger partial charge in [-0.3, -0.25) is 0 Å². The number of hydrogen-bond donors (Lipinski definition) is 2. The fraction of sp³-hybridized carbons (Fsp3) is 0.333. The Bertz CT molecular complexity index is 535. The van der Waals surface area contributed by atoms with Crippen LogP contribution in [0.25, 0.3) is 0 Å². The molecule has 2 N–H and O–H groups in total. The minimum absolute atomic E-state index is 0.364. The molecule has 1 aromatic carbocycles. The fourth-order valence-electron chi connectivity index (χ4n) is 2.73. The second-order valence-electron chi connectivity index (χ2n) is 4.84. The van der Waals surface area contributed by atoms with E-state index in [-0.39, 0.29) is 0 Å². The van der Waals surface area contributed by atoms with Crippen LogP contribution >= 0.6 is 11.3 Å². The van der Waals surface area contributed by atoms with Gasteiger partial charge in [0.15, 0.2) is 0 Å². The molecule has 0 aliphatic heterocycles. The van der Waals surface area contributed by atoms with Crippen molar-refractivity contribution < 1.29 is 5.11 Å². The molecule has 2 atom stereocenters. The Hall–Kier alpha value is -1.32. The van der Waals surface area contributed by atoms with Crippen molar-refractivity contribution in [2.45, 2.75) is 31.8 Å². The van der Waals surface area contributed by atoms with Crippen LogP contribution in [-0.4, -0.2) is 5.11 Å². The molecule has 0 amide bonds. The average Bonchev–Trinajstić information content (AvgIpc) is 2.99. The van der Waals surface area contributed by atoms with Gasteiger partial charge in [0, 0.05) is 17.0 Å². The molecule has 0 saturated heterocycles. The van der Waals surface area contributed by atoms with Gasteiger partial charge in [-0.2, -0.15) is 0 Å². The molecule has 1 aromatic heterocycles. The van der Waals surface area contributed by atoms with Crippen molar-refractivity contribution in [3.63, 3.8) is 0 Å². The summed E-state index contributed by atoms with van der Waals surface area (Å²) >= 11 is 1.79. The van der Waals surface area contributed by atoms with Crippen LogP contribution in [0.2, 0.25) is 0 Å². The highest BCUT2D eigenvalue weighted by molar-refractivity contribution is 7.10. The van der Waals surface area contributed by atoms with Gasteiger partial charge in [-0.15, -0.1) is 11.3 Å². The quantitative estimate of drug-likeness (QED) is 0.879. The second kappa shape index (κ2) is 4.75. The predicted octanol–water partition coefficient (Wildman–Crippen LogP) is 3.79. The van der Waals surface area contributed by atoms with Crippen molar-refractivity contribution in [3.8, 4) is 5.75 Å². The van der Waals surface area contributed by atoms with Crippen LogP contribution in [0.4, 0.5) is 0 Å². The first-order chi connectivity index (χ1) is 8.75. The van der Waals surface area contributed by atoms with Crippen molar-refractivity contribution in [2.75, 3.05) is 0 Å². The Labute approximate surface area is 111 Å². The first-order valence-corrected chi connectivity index (χ1v) is 7.24. The fourth-order valence-corrected chi connectivity index (χ4v) is 3.47. The van der Waals surface area contributed by atoms with E-state index in [2.05, 4.69) is 35.8 Å². The lowest BCUT2D eigenvalue weighted by Crippen LogP contribution is -2.22. The number of hydrogen-bond acceptors (Lipinski definition) is 3. The second-order valence-corrected chi connectivity index (χ2v) is 5.82. The molecular weight excluding hydrogens is 242 g/mol. The maximum atomic E-state index is 9.84. The van der Waals surface area contributed by atoms with Gasteiger partial charge in [0.1, 0.15) is 5.75 Å². The van der Waals surface area contributed by atoms with Gasteiger partial charge < -0.3 is 10.4 Å². The van der Waals surface area contributed by atoms with Crippen LogP contribution < -0.4 is 5.32 Å². The molecule has 0 radical (unpaired) electrons. The molecule has 0 bridgehead atoms. The minimum Gasteiger partial charge on any atom is -0.508 e. The van der Waals surface area contributed by atoms with Gasteiger partial charge in [0.25, 0.3) is 0 Å². The van der Waals surface area contributed by atoms with Crippen molar-refractivity contribution in [2.24, 2.45) is 0 Å². The van der Waals surface area contributed by atoms with E-state index in [9.17, 15) is 5.11 Å². The zero-order valence-corrected chi connectivity index (χ0v) is 11.2. The van der Waals surface area contributed by atoms with Crippen LogP contribution in [0.5, 0.6) is 5.75 Å². The Morgan fingerprint density at radius 2 is 2.22 bits per heavy atom. The van der Waals surface area contributed by atoms with E-state index in [1.807, 2.05) is 6.07 Å². The number of phenolic OH excluding ortho intramolecular Hbond substituents is 1. The molecule has 1 aliphatic rings. The van der Waals surface area contributed by atoms with E-state index < -0.39 is 0 Å². The molecule has 0 spiro atoms. The average molecular weight is 259 g/mol. The summed E-state index contributed by atoms with van der Waals surface area (Å²) in [4.78, 5) is 1.36. The Morgan fingerprint density at radius 1 is 1.33 bits per heavy atom. The topological polar surface area (TPSA) is 32.3 Å². The zero-order chi connectivity index (χ0) is 12.5. The number of aromatic hydroxyl groups is 1. The van der Waals surface area contributed by atoms with Crippen molar-refractivity contribution in [1.29, 1.82) is 0 Å². The standard InChI is InChI=1S/C15H17NOS/c1-10(15-6-3-9-18-15)16-13-8-7-12-11(13)4-2-5-14(12)17/h2-6,9-10,13,16-17H,7-8H2,1H3/t10-,13?/m1/s1. The highest BCUT2D eigenvalue weighted by Crippen LogP contribution is 2.37. The molecule has 3 rings (SSSR count). The Morgan fingerprint density at radius 3 is 3.00 bits per heavy atom. The smallest absolute Gasteiger partial charge is 0.119 e. The third kappa shape index (κ3) is 2.04. The minimum atomic E-state index is 0.364. The molecule has 94 valence electrons. The zero-order valence-electron chi connectivity index (χ0n) is 10.4. The maximum absolute atomic E-state index is 9.84. The lowest BCUT2D eigenvalue weighted by Gasteiger charge is -2.19. The van der Waals surface area contributed by atoms with Gasteiger partial charge in [-0.1, -0.05) is 18.2 Å². The van der Waals surface area contributed by atoms with Gasteiger partial charge in [-0.25, -0.2) is 0 Å². The molecular formula is C15H17NOS. The summed E-state index contributed by atoms with van der Waals surface area (Å²) in [5.41, 5.74) is 2.38. The first kappa shape index (κ1) is 11.8. The van der Waals surface area contributed by atoms with Crippen molar-refractivity contribution in [1.82, 2.24) is 5.32 Å². The number of nitrogens with one attached hydrogen (secondary N) is 1. The van der Waals surface area contributed by atoms with E-state index in [0.717, 1.165) is 18.4 Å². The van der Waals surface area contributed by atoms with E-state index in [1.165, 1.54) is 10.4 Å². The van der Waals surface area contributed by atoms with Gasteiger partial charge in [0.2, 0.25) is 0 Å². The summed E-state index contributed by atoms with van der Waals surface area (Å²) in [7, 11) is 0. The first-order valence-electron chi connectivity index (χ1n) is 6.36. The highest BCUT2D eigenvalue weighted by atomic mass is 32.1. The van der Waals surface area contributed by atoms with Crippen LogP contribution in [0.15, 0.2) is 35.7 Å². The largest absolute Gasteiger partial charge is 0.508 e. The lowest BCUT2D eigenvalue weighted by atomic mass is 10.1. The summed E-state index contributed by atoms with van der Waals surface area (Å²) < 4.78 is 0. The number of phenols is 1. The highest BCUT2D eigenvalue weighted by Gasteiger charge is 2.25. The normalized spacial score (nSPS) is 19.7. The summed E-state index contributed by atoms with van der Waals surface area (Å²) in [5, 5.41) is 15.6. The number of thiophene rings is 1.